The number of imidazole rings is 1. The minimum atomic E-state index is -3.08. The van der Waals surface area contributed by atoms with Gasteiger partial charge in [-0.15, -0.1) is 29.7 Å². The third kappa shape index (κ3) is 8.62. The zero-order valence-corrected chi connectivity index (χ0v) is 49.3. The molecule has 3 aromatic heterocycles. The van der Waals surface area contributed by atoms with Crippen molar-refractivity contribution in [3.63, 3.8) is 0 Å². The fourth-order valence-corrected chi connectivity index (χ4v) is 17.4. The summed E-state index contributed by atoms with van der Waals surface area (Å²) < 4.78 is 82.9. The summed E-state index contributed by atoms with van der Waals surface area (Å²) in [6.07, 6.45) is 5.16. The smallest absolute Gasteiger partial charge is 0.268 e. The van der Waals surface area contributed by atoms with Crippen LogP contribution < -0.4 is 30.1 Å². The Hall–Kier alpha value is -9.45. The summed E-state index contributed by atoms with van der Waals surface area (Å²) in [6, 6.07) is 84.3. The van der Waals surface area contributed by atoms with Gasteiger partial charge in [0, 0.05) is 54.0 Å². The number of para-hydroxylation sites is 2. The monoisotopic (exact) mass is 1280 g/mol. The topological polar surface area (TPSA) is 35.9 Å². The summed E-state index contributed by atoms with van der Waals surface area (Å²) in [7, 11) is -3.08. The maximum atomic E-state index is 8.91. The van der Waals surface area contributed by atoms with Crippen LogP contribution >= 0.6 is 0 Å². The molecule has 84 heavy (non-hydrogen) atoms. The zero-order valence-electron chi connectivity index (χ0n) is 54.0. The van der Waals surface area contributed by atoms with E-state index in [1.54, 1.807) is 0 Å². The van der Waals surface area contributed by atoms with Crippen molar-refractivity contribution < 1.29 is 41.3 Å². The van der Waals surface area contributed by atoms with Crippen molar-refractivity contribution in [2.45, 2.75) is 33.0 Å². The van der Waals surface area contributed by atoms with E-state index in [1.807, 2.05) is 53.1 Å². The van der Waals surface area contributed by atoms with Gasteiger partial charge in [0.1, 0.15) is 5.82 Å². The number of aromatic nitrogens is 4. The molecule has 0 bridgehead atoms. The third-order valence-corrected chi connectivity index (χ3v) is 21.1. The van der Waals surface area contributed by atoms with E-state index in [-0.39, 0.29) is 49.0 Å². The maximum absolute atomic E-state index is 8.91. The number of pyridine rings is 1. The van der Waals surface area contributed by atoms with Crippen LogP contribution in [0.2, 0.25) is 0 Å². The average Bonchev–Trinajstić information content (AvgIpc) is 1.55. The first-order valence-electron chi connectivity index (χ1n) is 31.8. The van der Waals surface area contributed by atoms with E-state index in [4.69, 9.17) is 20.7 Å². The summed E-state index contributed by atoms with van der Waals surface area (Å²) in [5, 5.41) is 6.30. The molecule has 0 saturated carbocycles. The predicted octanol–water partition coefficient (Wildman–Crippen LogP) is 15.6. The number of hydrogen-bond donors (Lipinski definition) is 0. The minimum absolute atomic E-state index is 0. The Labute approximate surface area is 516 Å². The molecule has 406 valence electrons. The molecule has 0 atom stereocenters. The summed E-state index contributed by atoms with van der Waals surface area (Å²) in [5.41, 5.74) is 11.9. The molecule has 0 unspecified atom stereocenters. The number of benzene rings is 11. The van der Waals surface area contributed by atoms with Crippen LogP contribution in [0.5, 0.6) is 11.5 Å². The Kier molecular flexibility index (Phi) is 11.1. The van der Waals surface area contributed by atoms with Crippen LogP contribution in [0, 0.1) is 25.3 Å². The molecule has 4 heterocycles. The summed E-state index contributed by atoms with van der Waals surface area (Å²) in [5.74, 6) is 0.958. The van der Waals surface area contributed by atoms with E-state index < -0.39 is 45.1 Å². The Morgan fingerprint density at radius 1 is 0.524 bits per heavy atom. The molecule has 0 saturated heterocycles. The molecule has 7 heteroatoms. The predicted molar refractivity (Wildman–Crippen MR) is 342 cm³/mol. The van der Waals surface area contributed by atoms with Gasteiger partial charge in [-0.05, 0) is 106 Å². The molecule has 0 N–H and O–H groups in total. The zero-order chi connectivity index (χ0) is 62.7. The summed E-state index contributed by atoms with van der Waals surface area (Å²) in [4.78, 5) is 4.94. The minimum Gasteiger partial charge on any atom is -0.510 e. The van der Waals surface area contributed by atoms with Gasteiger partial charge in [-0.1, -0.05) is 245 Å². The molecule has 15 rings (SSSR count). The summed E-state index contributed by atoms with van der Waals surface area (Å²) in [6.45, 7) is 3.93. The van der Waals surface area contributed by atoms with Crippen molar-refractivity contribution in [1.29, 1.82) is 0 Å². The number of hydrogen-bond acceptors (Lipinski definition) is 2. The number of aryl methyl sites for hydroxylation is 1. The average molecular weight is 1280 g/mol. The Balaban J connectivity index is 0.00000735. The Morgan fingerprint density at radius 3 is 1.76 bits per heavy atom. The first-order chi connectivity index (χ1) is 44.0. The van der Waals surface area contributed by atoms with E-state index in [0.29, 0.717) is 28.2 Å². The SMILES string of the molecule is [2H]c1c([2H])c([2H])c(-c2cnc(-n3c4[c-]c(Oc5[c-]c(-n6[c-][n+]7c8c(cccc86)-c6ccccc6-c6ccccc6-c6cccc(C(C)(C)C)c6-7)ccc5)ccc4c4cc([Si](c5ccccc5)(c5ccccc5)c5ccccc5)ccc43)cc2C([2H])([2H])[2H])c([2H])c1[2H].[Pt]. The molecule has 0 amide bonds. The number of fused-ring (bicyclic) bond motifs is 10. The maximum Gasteiger partial charge on any atom is 0.268 e. The van der Waals surface area contributed by atoms with Crippen molar-refractivity contribution in [2.75, 3.05) is 0 Å². The molecule has 0 radical (unpaired) electrons. The van der Waals surface area contributed by atoms with Crippen molar-refractivity contribution in [3.05, 3.63) is 297 Å². The number of nitrogens with zero attached hydrogens (tertiary/aromatic N) is 4. The second-order valence-corrected chi connectivity index (χ2v) is 25.9. The van der Waals surface area contributed by atoms with Gasteiger partial charge in [-0.3, -0.25) is 4.57 Å². The second-order valence-electron chi connectivity index (χ2n) is 22.1. The van der Waals surface area contributed by atoms with Crippen LogP contribution in [0.3, 0.4) is 0 Å². The summed E-state index contributed by atoms with van der Waals surface area (Å²) >= 11 is 0. The fourth-order valence-electron chi connectivity index (χ4n) is 12.6. The standard InChI is InChI=1S/C77H56N4OSi.Pt/c1-52-46-74(78-50-69(52)53-24-9-5-10-25-53)81-71-45-43-60(83(57-28-11-6-12-29-57,58-30-13-7-14-31-58)59-32-15-8-16-33-59)49-68(71)65-44-42-56(48-73(65)81)82-55-27-21-26-54(47-55)79-51-80-75-66(38-22-40-70(75)77(2,3)4)63-36-19-17-34-61(63)62-35-18-20-37-64(62)67-39-23-41-72(79)76(67)80;/h5-46,49-50H,1-4H3;/q-2;/i1D3,5D,9D,10D,24D,25D;. The third-order valence-electron chi connectivity index (χ3n) is 16.3. The number of rotatable bonds is 9. The normalized spacial score (nSPS) is 13.5. The molecule has 0 fully saturated rings. The van der Waals surface area contributed by atoms with Crippen LogP contribution in [0.15, 0.2) is 267 Å². The molecule has 14 aromatic rings. The molecule has 11 aromatic carbocycles. The van der Waals surface area contributed by atoms with Gasteiger partial charge in [0.15, 0.2) is 8.07 Å². The molecule has 5 nitrogen and oxygen atoms in total. The first kappa shape index (κ1) is 44.2. The van der Waals surface area contributed by atoms with E-state index in [2.05, 4.69) is 224 Å². The molecule has 0 aliphatic carbocycles. The van der Waals surface area contributed by atoms with E-state index in [0.717, 1.165) is 66.1 Å². The Bertz CT molecular complexity index is 5130. The van der Waals surface area contributed by atoms with Gasteiger partial charge in [-0.2, -0.15) is 18.2 Å². The van der Waals surface area contributed by atoms with Crippen molar-refractivity contribution >= 4 is 61.7 Å². The molecular weight excluding hydrogens is 1220 g/mol. The van der Waals surface area contributed by atoms with Gasteiger partial charge in [0.25, 0.3) is 6.33 Å². The molecule has 1 aliphatic heterocycles. The van der Waals surface area contributed by atoms with Crippen molar-refractivity contribution in [2.24, 2.45) is 0 Å². The molecule has 0 spiro atoms. The fraction of sp³-hybridized carbons (Fsp3) is 0.0649. The van der Waals surface area contributed by atoms with Crippen LogP contribution in [-0.4, -0.2) is 22.2 Å². The van der Waals surface area contributed by atoms with E-state index in [9.17, 15) is 0 Å². The second kappa shape index (κ2) is 21.1. The van der Waals surface area contributed by atoms with Crippen LogP contribution in [0.25, 0.3) is 94.5 Å². The van der Waals surface area contributed by atoms with Crippen molar-refractivity contribution in [1.82, 2.24) is 14.1 Å². The van der Waals surface area contributed by atoms with Crippen LogP contribution in [-0.2, 0) is 26.5 Å². The largest absolute Gasteiger partial charge is 0.510 e. The van der Waals surface area contributed by atoms with Gasteiger partial charge in [0.2, 0.25) is 0 Å². The number of ether oxygens (including phenoxy) is 1. The van der Waals surface area contributed by atoms with E-state index in [1.165, 1.54) is 33.4 Å². The molecular formula is C77H56N4OPtSi-2. The van der Waals surface area contributed by atoms with Crippen LogP contribution in [0.1, 0.15) is 42.9 Å². The van der Waals surface area contributed by atoms with E-state index >= 15 is 0 Å². The van der Waals surface area contributed by atoms with Crippen molar-refractivity contribution in [3.8, 4) is 73.2 Å². The van der Waals surface area contributed by atoms with Gasteiger partial charge >= 0.3 is 0 Å². The molecule has 1 aliphatic rings. The van der Waals surface area contributed by atoms with Crippen LogP contribution in [0.4, 0.5) is 0 Å². The Morgan fingerprint density at radius 2 is 1.11 bits per heavy atom. The quantitative estimate of drug-likeness (QED) is 0.0625. The van der Waals surface area contributed by atoms with Gasteiger partial charge in [0.05, 0.1) is 23.6 Å². The van der Waals surface area contributed by atoms with Gasteiger partial charge in [-0.25, -0.2) is 4.98 Å². The van der Waals surface area contributed by atoms with Gasteiger partial charge < -0.3 is 13.9 Å². The first-order valence-corrected chi connectivity index (χ1v) is 29.8.